The molecule has 1 unspecified atom stereocenters. The van der Waals surface area contributed by atoms with Crippen LogP contribution in [0.3, 0.4) is 0 Å². The zero-order valence-corrected chi connectivity index (χ0v) is 11.1. The van der Waals surface area contributed by atoms with Crippen LogP contribution in [-0.2, 0) is 9.53 Å². The Hall–Kier alpha value is -0.610. The summed E-state index contributed by atoms with van der Waals surface area (Å²) in [4.78, 5) is 13.1. The Bertz CT molecular complexity index is 262. The molecule has 1 saturated heterocycles. The second-order valence-electron chi connectivity index (χ2n) is 5.71. The van der Waals surface area contributed by atoms with E-state index >= 15 is 0 Å². The van der Waals surface area contributed by atoms with Crippen LogP contribution in [0.1, 0.15) is 44.9 Å². The van der Waals surface area contributed by atoms with E-state index in [1.165, 1.54) is 38.5 Å². The van der Waals surface area contributed by atoms with Crippen molar-refractivity contribution < 1.29 is 14.6 Å². The number of carbonyl (C=O) groups is 1. The quantitative estimate of drug-likeness (QED) is 0.782. The summed E-state index contributed by atoms with van der Waals surface area (Å²) in [5.74, 6) is 0.0624. The minimum Gasteiger partial charge on any atom is -0.481 e. The van der Waals surface area contributed by atoms with Gasteiger partial charge in [-0.3, -0.25) is 9.69 Å². The van der Waals surface area contributed by atoms with Crippen molar-refractivity contribution >= 4 is 5.97 Å². The van der Waals surface area contributed by atoms with Crippen LogP contribution >= 0.6 is 0 Å². The first-order valence-corrected chi connectivity index (χ1v) is 7.30. The van der Waals surface area contributed by atoms with Crippen LogP contribution in [0.4, 0.5) is 0 Å². The first kappa shape index (κ1) is 13.8. The molecule has 1 aliphatic heterocycles. The fourth-order valence-corrected chi connectivity index (χ4v) is 3.18. The lowest BCUT2D eigenvalue weighted by atomic mass is 9.99. The first-order chi connectivity index (χ1) is 8.74. The molecular weight excluding hydrogens is 230 g/mol. The van der Waals surface area contributed by atoms with Crippen LogP contribution in [0.2, 0.25) is 0 Å². The van der Waals surface area contributed by atoms with E-state index < -0.39 is 5.97 Å². The maximum atomic E-state index is 10.7. The second kappa shape index (κ2) is 7.10. The minimum atomic E-state index is -0.753. The third kappa shape index (κ3) is 4.58. The van der Waals surface area contributed by atoms with Crippen LogP contribution < -0.4 is 0 Å². The number of rotatable bonds is 4. The van der Waals surface area contributed by atoms with Crippen molar-refractivity contribution in [3.05, 3.63) is 0 Å². The molecule has 0 radical (unpaired) electrons. The van der Waals surface area contributed by atoms with Gasteiger partial charge in [0.1, 0.15) is 0 Å². The van der Waals surface area contributed by atoms with Gasteiger partial charge in [0.25, 0.3) is 0 Å². The highest BCUT2D eigenvalue weighted by atomic mass is 16.5. The standard InChI is InChI=1S/C14H25NO3/c16-14(17)9-13-11-15(7-8-18-13)10-12-5-3-1-2-4-6-12/h12-13H,1-11H2,(H,16,17). The molecule has 1 aliphatic carbocycles. The van der Waals surface area contributed by atoms with E-state index in [0.29, 0.717) is 6.61 Å². The number of morpholine rings is 1. The summed E-state index contributed by atoms with van der Waals surface area (Å²) < 4.78 is 5.51. The summed E-state index contributed by atoms with van der Waals surface area (Å²) in [5.41, 5.74) is 0. The number of hydrogen-bond acceptors (Lipinski definition) is 3. The van der Waals surface area contributed by atoms with E-state index in [1.54, 1.807) is 0 Å². The van der Waals surface area contributed by atoms with Crippen molar-refractivity contribution in [1.29, 1.82) is 0 Å². The molecule has 0 amide bonds. The van der Waals surface area contributed by atoms with Crippen molar-refractivity contribution in [3.8, 4) is 0 Å². The summed E-state index contributed by atoms with van der Waals surface area (Å²) in [6.07, 6.45) is 8.24. The van der Waals surface area contributed by atoms with Crippen molar-refractivity contribution in [2.45, 2.75) is 51.0 Å². The number of carboxylic acids is 1. The molecule has 0 aromatic rings. The second-order valence-corrected chi connectivity index (χ2v) is 5.71. The van der Waals surface area contributed by atoms with E-state index in [0.717, 1.165) is 25.6 Å². The van der Waals surface area contributed by atoms with Crippen molar-refractivity contribution in [2.24, 2.45) is 5.92 Å². The molecule has 4 nitrogen and oxygen atoms in total. The molecule has 18 heavy (non-hydrogen) atoms. The number of ether oxygens (including phenoxy) is 1. The summed E-state index contributed by atoms with van der Waals surface area (Å²) in [6, 6.07) is 0. The highest BCUT2D eigenvalue weighted by Gasteiger charge is 2.24. The Morgan fingerprint density at radius 1 is 1.22 bits per heavy atom. The average Bonchev–Trinajstić information content (AvgIpc) is 2.57. The molecule has 2 fully saturated rings. The van der Waals surface area contributed by atoms with Gasteiger partial charge in [0.15, 0.2) is 0 Å². The Morgan fingerprint density at radius 3 is 2.61 bits per heavy atom. The molecule has 1 heterocycles. The Balaban J connectivity index is 1.75. The lowest BCUT2D eigenvalue weighted by Crippen LogP contribution is -2.45. The van der Waals surface area contributed by atoms with Gasteiger partial charge in [-0.1, -0.05) is 25.7 Å². The van der Waals surface area contributed by atoms with E-state index in [4.69, 9.17) is 9.84 Å². The number of nitrogens with zero attached hydrogens (tertiary/aromatic N) is 1. The largest absolute Gasteiger partial charge is 0.481 e. The van der Waals surface area contributed by atoms with Gasteiger partial charge < -0.3 is 9.84 Å². The zero-order chi connectivity index (χ0) is 12.8. The van der Waals surface area contributed by atoms with Crippen molar-refractivity contribution in [1.82, 2.24) is 4.90 Å². The SMILES string of the molecule is O=C(O)CC1CN(CC2CCCCCC2)CCO1. The highest BCUT2D eigenvalue weighted by molar-refractivity contribution is 5.67. The molecule has 2 aliphatic rings. The van der Waals surface area contributed by atoms with Gasteiger partial charge in [-0.05, 0) is 18.8 Å². The molecule has 0 aromatic heterocycles. The third-order valence-corrected chi connectivity index (χ3v) is 4.12. The fourth-order valence-electron chi connectivity index (χ4n) is 3.18. The van der Waals surface area contributed by atoms with Gasteiger partial charge >= 0.3 is 5.97 Å². The van der Waals surface area contributed by atoms with Gasteiger partial charge in [-0.25, -0.2) is 0 Å². The van der Waals surface area contributed by atoms with Gasteiger partial charge in [-0.2, -0.15) is 0 Å². The van der Waals surface area contributed by atoms with E-state index in [2.05, 4.69) is 4.90 Å². The molecule has 104 valence electrons. The van der Waals surface area contributed by atoms with E-state index in [9.17, 15) is 4.79 Å². The normalized spacial score (nSPS) is 27.9. The fraction of sp³-hybridized carbons (Fsp3) is 0.929. The molecule has 0 spiro atoms. The van der Waals surface area contributed by atoms with Gasteiger partial charge in [0.05, 0.1) is 19.1 Å². The maximum Gasteiger partial charge on any atom is 0.306 e. The summed E-state index contributed by atoms with van der Waals surface area (Å²) >= 11 is 0. The topological polar surface area (TPSA) is 49.8 Å². The molecule has 1 N–H and O–H groups in total. The lowest BCUT2D eigenvalue weighted by Gasteiger charge is -2.34. The number of carboxylic acid groups (broad SMARTS) is 1. The predicted octanol–water partition coefficient (Wildman–Crippen LogP) is 2.13. The molecule has 1 atom stereocenters. The monoisotopic (exact) mass is 255 g/mol. The molecule has 1 saturated carbocycles. The van der Waals surface area contributed by atoms with Gasteiger partial charge in [0, 0.05) is 19.6 Å². The summed E-state index contributed by atoms with van der Waals surface area (Å²) in [6.45, 7) is 3.58. The van der Waals surface area contributed by atoms with Crippen LogP contribution in [-0.4, -0.2) is 48.3 Å². The lowest BCUT2D eigenvalue weighted by molar-refractivity contribution is -0.142. The van der Waals surface area contributed by atoms with Gasteiger partial charge in [0.2, 0.25) is 0 Å². The Morgan fingerprint density at radius 2 is 1.94 bits per heavy atom. The molecular formula is C14H25NO3. The summed E-state index contributed by atoms with van der Waals surface area (Å²) in [7, 11) is 0. The summed E-state index contributed by atoms with van der Waals surface area (Å²) in [5, 5.41) is 8.81. The first-order valence-electron chi connectivity index (χ1n) is 7.30. The smallest absolute Gasteiger partial charge is 0.306 e. The highest BCUT2D eigenvalue weighted by Crippen LogP contribution is 2.24. The average molecular weight is 255 g/mol. The van der Waals surface area contributed by atoms with Crippen LogP contribution in [0.15, 0.2) is 0 Å². The molecule has 0 aromatic carbocycles. The van der Waals surface area contributed by atoms with Crippen molar-refractivity contribution in [2.75, 3.05) is 26.2 Å². The molecule has 4 heteroatoms. The minimum absolute atomic E-state index is 0.109. The third-order valence-electron chi connectivity index (χ3n) is 4.12. The number of hydrogen-bond donors (Lipinski definition) is 1. The zero-order valence-electron chi connectivity index (χ0n) is 11.1. The van der Waals surface area contributed by atoms with Gasteiger partial charge in [-0.15, -0.1) is 0 Å². The van der Waals surface area contributed by atoms with Crippen LogP contribution in [0.25, 0.3) is 0 Å². The Labute approximate surface area is 109 Å². The van der Waals surface area contributed by atoms with E-state index in [1.807, 2.05) is 0 Å². The Kier molecular flexibility index (Phi) is 5.45. The van der Waals surface area contributed by atoms with Crippen LogP contribution in [0.5, 0.6) is 0 Å². The predicted molar refractivity (Wildman–Crippen MR) is 69.6 cm³/mol. The molecule has 2 rings (SSSR count). The molecule has 0 bridgehead atoms. The van der Waals surface area contributed by atoms with Crippen LogP contribution in [0, 0.1) is 5.92 Å². The van der Waals surface area contributed by atoms with E-state index in [-0.39, 0.29) is 12.5 Å². The number of aliphatic carboxylic acids is 1. The maximum absolute atomic E-state index is 10.7. The van der Waals surface area contributed by atoms with Crippen molar-refractivity contribution in [3.63, 3.8) is 0 Å².